The first-order chi connectivity index (χ1) is 6.29. The van der Waals surface area contributed by atoms with Crippen LogP contribution < -0.4 is 5.32 Å². The van der Waals surface area contributed by atoms with E-state index in [1.807, 2.05) is 6.20 Å². The molecule has 0 bridgehead atoms. The molecule has 1 aromatic heterocycles. The van der Waals surface area contributed by atoms with E-state index < -0.39 is 0 Å². The monoisotopic (exact) mass is 175 g/mol. The van der Waals surface area contributed by atoms with Crippen LogP contribution in [0.2, 0.25) is 0 Å². The van der Waals surface area contributed by atoms with Gasteiger partial charge < -0.3 is 5.32 Å². The standard InChI is InChI=1S/C10H13N3/c1-10(5-3-2-4-6-10)13-9-7-11-12-8-9/h2-5,7-8,13H,6H2,1H3,(H,11,12). The molecule has 1 aliphatic rings. The predicted molar refractivity (Wildman–Crippen MR) is 53.5 cm³/mol. The summed E-state index contributed by atoms with van der Waals surface area (Å²) in [4.78, 5) is 0. The first-order valence-electron chi connectivity index (χ1n) is 4.40. The van der Waals surface area contributed by atoms with Gasteiger partial charge in [0.05, 0.1) is 17.4 Å². The van der Waals surface area contributed by atoms with E-state index in [1.54, 1.807) is 6.20 Å². The average molecular weight is 175 g/mol. The molecule has 0 saturated heterocycles. The van der Waals surface area contributed by atoms with E-state index in [2.05, 4.69) is 46.7 Å². The van der Waals surface area contributed by atoms with Gasteiger partial charge in [-0.05, 0) is 13.3 Å². The third-order valence-electron chi connectivity index (χ3n) is 2.18. The third-order valence-corrected chi connectivity index (χ3v) is 2.18. The second kappa shape index (κ2) is 3.09. The topological polar surface area (TPSA) is 40.7 Å². The van der Waals surface area contributed by atoms with Crippen molar-refractivity contribution < 1.29 is 0 Å². The van der Waals surface area contributed by atoms with E-state index in [9.17, 15) is 0 Å². The Balaban J connectivity index is 2.09. The number of allylic oxidation sites excluding steroid dienone is 2. The number of nitrogens with one attached hydrogen (secondary N) is 2. The van der Waals surface area contributed by atoms with Crippen molar-refractivity contribution in [1.82, 2.24) is 10.2 Å². The van der Waals surface area contributed by atoms with Gasteiger partial charge in [0.1, 0.15) is 0 Å². The molecule has 1 aliphatic carbocycles. The van der Waals surface area contributed by atoms with Crippen LogP contribution in [0, 0.1) is 0 Å². The fourth-order valence-electron chi connectivity index (χ4n) is 1.47. The number of H-pyrrole nitrogens is 1. The lowest BCUT2D eigenvalue weighted by Gasteiger charge is -2.28. The SMILES string of the molecule is CC1(Nc2cn[nH]c2)C=CC=CC1. The van der Waals surface area contributed by atoms with Crippen LogP contribution >= 0.6 is 0 Å². The second-order valence-electron chi connectivity index (χ2n) is 3.52. The van der Waals surface area contributed by atoms with Crippen LogP contribution in [0.4, 0.5) is 5.69 Å². The minimum absolute atomic E-state index is 0.0264. The Kier molecular flexibility index (Phi) is 1.93. The summed E-state index contributed by atoms with van der Waals surface area (Å²) in [7, 11) is 0. The molecular formula is C10H13N3. The number of anilines is 1. The molecule has 1 heterocycles. The zero-order valence-corrected chi connectivity index (χ0v) is 7.62. The molecule has 0 fully saturated rings. The molecule has 1 aromatic rings. The first kappa shape index (κ1) is 8.10. The summed E-state index contributed by atoms with van der Waals surface area (Å²) in [6, 6.07) is 0. The molecule has 13 heavy (non-hydrogen) atoms. The summed E-state index contributed by atoms with van der Waals surface area (Å²) in [6.07, 6.45) is 13.1. The second-order valence-corrected chi connectivity index (χ2v) is 3.52. The van der Waals surface area contributed by atoms with Gasteiger partial charge in [-0.15, -0.1) is 0 Å². The van der Waals surface area contributed by atoms with Crippen molar-refractivity contribution in [1.29, 1.82) is 0 Å². The van der Waals surface area contributed by atoms with Crippen molar-refractivity contribution in [3.8, 4) is 0 Å². The average Bonchev–Trinajstić information content (AvgIpc) is 2.57. The molecule has 0 aliphatic heterocycles. The van der Waals surface area contributed by atoms with Gasteiger partial charge in [0.15, 0.2) is 0 Å². The van der Waals surface area contributed by atoms with Crippen LogP contribution in [-0.2, 0) is 0 Å². The number of hydrogen-bond acceptors (Lipinski definition) is 2. The largest absolute Gasteiger partial charge is 0.374 e. The molecule has 1 unspecified atom stereocenters. The fourth-order valence-corrected chi connectivity index (χ4v) is 1.47. The quantitative estimate of drug-likeness (QED) is 0.722. The maximum absolute atomic E-state index is 3.89. The van der Waals surface area contributed by atoms with Crippen LogP contribution in [-0.4, -0.2) is 15.7 Å². The van der Waals surface area contributed by atoms with Crippen molar-refractivity contribution >= 4 is 5.69 Å². The van der Waals surface area contributed by atoms with Gasteiger partial charge in [-0.25, -0.2) is 0 Å². The van der Waals surface area contributed by atoms with Crippen molar-refractivity contribution in [2.45, 2.75) is 18.9 Å². The number of aromatic nitrogens is 2. The van der Waals surface area contributed by atoms with E-state index in [4.69, 9.17) is 0 Å². The highest BCUT2D eigenvalue weighted by atomic mass is 15.1. The summed E-state index contributed by atoms with van der Waals surface area (Å²) in [5, 5.41) is 10.1. The van der Waals surface area contributed by atoms with Crippen molar-refractivity contribution in [2.75, 3.05) is 5.32 Å². The molecule has 3 nitrogen and oxygen atoms in total. The summed E-state index contributed by atoms with van der Waals surface area (Å²) < 4.78 is 0. The fraction of sp³-hybridized carbons (Fsp3) is 0.300. The Morgan fingerprint density at radius 3 is 3.08 bits per heavy atom. The number of hydrogen-bond donors (Lipinski definition) is 2. The maximum Gasteiger partial charge on any atom is 0.0730 e. The lowest BCUT2D eigenvalue weighted by molar-refractivity contribution is 0.641. The molecule has 0 amide bonds. The highest BCUT2D eigenvalue weighted by Crippen LogP contribution is 2.22. The van der Waals surface area contributed by atoms with E-state index in [0.29, 0.717) is 0 Å². The molecule has 0 saturated carbocycles. The Morgan fingerprint density at radius 2 is 2.46 bits per heavy atom. The summed E-state index contributed by atoms with van der Waals surface area (Å²) in [6.45, 7) is 2.17. The molecule has 2 rings (SSSR count). The Labute approximate surface area is 77.5 Å². The third kappa shape index (κ3) is 1.80. The van der Waals surface area contributed by atoms with Gasteiger partial charge in [-0.2, -0.15) is 5.10 Å². The van der Waals surface area contributed by atoms with Gasteiger partial charge >= 0.3 is 0 Å². The lowest BCUT2D eigenvalue weighted by Crippen LogP contribution is -2.32. The van der Waals surface area contributed by atoms with E-state index in [-0.39, 0.29) is 5.54 Å². The molecule has 1 atom stereocenters. The molecule has 0 radical (unpaired) electrons. The van der Waals surface area contributed by atoms with E-state index in [0.717, 1.165) is 12.1 Å². The number of nitrogens with zero attached hydrogens (tertiary/aromatic N) is 1. The molecule has 2 N–H and O–H groups in total. The van der Waals surface area contributed by atoms with Crippen molar-refractivity contribution in [2.24, 2.45) is 0 Å². The zero-order chi connectivity index (χ0) is 9.15. The Bertz CT molecular complexity index is 324. The highest BCUT2D eigenvalue weighted by Gasteiger charge is 2.20. The number of rotatable bonds is 2. The van der Waals surface area contributed by atoms with Crippen LogP contribution in [0.5, 0.6) is 0 Å². The Morgan fingerprint density at radius 1 is 1.54 bits per heavy atom. The van der Waals surface area contributed by atoms with Gasteiger partial charge in [0.2, 0.25) is 0 Å². The van der Waals surface area contributed by atoms with Crippen LogP contribution in [0.25, 0.3) is 0 Å². The predicted octanol–water partition coefficient (Wildman–Crippen LogP) is 2.10. The zero-order valence-electron chi connectivity index (χ0n) is 7.62. The minimum Gasteiger partial charge on any atom is -0.374 e. The summed E-state index contributed by atoms with van der Waals surface area (Å²) in [5.74, 6) is 0. The maximum atomic E-state index is 3.89. The van der Waals surface area contributed by atoms with Gasteiger partial charge in [0.25, 0.3) is 0 Å². The number of aromatic amines is 1. The highest BCUT2D eigenvalue weighted by molar-refractivity contribution is 5.44. The van der Waals surface area contributed by atoms with E-state index >= 15 is 0 Å². The molecular weight excluding hydrogens is 162 g/mol. The smallest absolute Gasteiger partial charge is 0.0730 e. The van der Waals surface area contributed by atoms with Crippen molar-refractivity contribution in [3.63, 3.8) is 0 Å². The van der Waals surface area contributed by atoms with Gasteiger partial charge in [-0.1, -0.05) is 24.3 Å². The minimum atomic E-state index is 0.0264. The van der Waals surface area contributed by atoms with Crippen molar-refractivity contribution in [3.05, 3.63) is 36.7 Å². The first-order valence-corrected chi connectivity index (χ1v) is 4.40. The van der Waals surface area contributed by atoms with Crippen LogP contribution in [0.1, 0.15) is 13.3 Å². The molecule has 3 heteroatoms. The van der Waals surface area contributed by atoms with E-state index in [1.165, 1.54) is 0 Å². The van der Waals surface area contributed by atoms with Crippen LogP contribution in [0.3, 0.4) is 0 Å². The van der Waals surface area contributed by atoms with Gasteiger partial charge in [-0.3, -0.25) is 5.10 Å². The normalized spacial score (nSPS) is 26.2. The van der Waals surface area contributed by atoms with Crippen LogP contribution in [0.15, 0.2) is 36.7 Å². The Hall–Kier alpha value is -1.51. The van der Waals surface area contributed by atoms with Gasteiger partial charge in [0, 0.05) is 6.20 Å². The lowest BCUT2D eigenvalue weighted by atomic mass is 9.93. The summed E-state index contributed by atoms with van der Waals surface area (Å²) >= 11 is 0. The summed E-state index contributed by atoms with van der Waals surface area (Å²) in [5.41, 5.74) is 1.06. The molecule has 0 spiro atoms. The molecule has 0 aromatic carbocycles. The molecule has 68 valence electrons.